The molecule has 40 heavy (non-hydrogen) atoms. The summed E-state index contributed by atoms with van der Waals surface area (Å²) in [6, 6.07) is 31.3. The SMILES string of the molecule is CC(C)c1ccc2c(c1)[C@H]1c3cc(C(C)C)ccc3[C@H]2C(OC(=O)c2ccccc2)C1OC(=O)c1ccccc1. The first-order valence-electron chi connectivity index (χ1n) is 14.1. The van der Waals surface area contributed by atoms with Crippen LogP contribution in [0, 0.1) is 0 Å². The maximum atomic E-state index is 13.5. The molecule has 0 aromatic heterocycles. The van der Waals surface area contributed by atoms with Crippen LogP contribution >= 0.6 is 0 Å². The van der Waals surface area contributed by atoms with Crippen molar-refractivity contribution in [3.63, 3.8) is 0 Å². The van der Waals surface area contributed by atoms with Crippen LogP contribution in [0.5, 0.6) is 0 Å². The van der Waals surface area contributed by atoms with Crippen LogP contribution in [0.15, 0.2) is 97.1 Å². The van der Waals surface area contributed by atoms with E-state index in [1.165, 1.54) is 11.1 Å². The van der Waals surface area contributed by atoms with Crippen molar-refractivity contribution < 1.29 is 19.1 Å². The van der Waals surface area contributed by atoms with E-state index in [9.17, 15) is 9.59 Å². The summed E-state index contributed by atoms with van der Waals surface area (Å²) in [5.74, 6) is -0.637. The van der Waals surface area contributed by atoms with Crippen LogP contribution in [0.3, 0.4) is 0 Å². The van der Waals surface area contributed by atoms with Crippen molar-refractivity contribution in [1.82, 2.24) is 0 Å². The van der Waals surface area contributed by atoms with Crippen molar-refractivity contribution in [3.05, 3.63) is 142 Å². The summed E-state index contributed by atoms with van der Waals surface area (Å²) < 4.78 is 12.7. The highest BCUT2D eigenvalue weighted by Crippen LogP contribution is 2.56. The molecule has 2 unspecified atom stereocenters. The molecular formula is C36H34O4. The normalized spacial score (nSPS) is 20.6. The molecule has 0 fully saturated rings. The molecule has 0 N–H and O–H groups in total. The highest BCUT2D eigenvalue weighted by atomic mass is 16.6. The standard InChI is InChI=1S/C36H34O4/c1-21(2)25-15-17-27-29(19-25)32-30-20-26(22(3)4)16-18-28(30)31(27)33(39-35(37)23-11-7-5-8-12-23)34(32)40-36(38)24-13-9-6-10-14-24/h5-22,31-34H,1-4H3/t31-,32-,33?,34?. The quantitative estimate of drug-likeness (QED) is 0.237. The van der Waals surface area contributed by atoms with Crippen LogP contribution < -0.4 is 0 Å². The van der Waals surface area contributed by atoms with Gasteiger partial charge in [0, 0.05) is 0 Å². The molecular weight excluding hydrogens is 496 g/mol. The van der Waals surface area contributed by atoms with Gasteiger partial charge in [0.1, 0.15) is 0 Å². The van der Waals surface area contributed by atoms with E-state index < -0.39 is 24.1 Å². The third kappa shape index (κ3) is 4.52. The van der Waals surface area contributed by atoms with Crippen molar-refractivity contribution in [1.29, 1.82) is 0 Å². The Hall–Kier alpha value is -4.18. The number of hydrogen-bond acceptors (Lipinski definition) is 4. The summed E-state index contributed by atoms with van der Waals surface area (Å²) in [5.41, 5.74) is 8.00. The first kappa shape index (κ1) is 26.1. The molecule has 0 saturated heterocycles. The molecule has 0 saturated carbocycles. The molecule has 3 aliphatic rings. The van der Waals surface area contributed by atoms with Crippen LogP contribution in [-0.4, -0.2) is 24.1 Å². The van der Waals surface area contributed by atoms with Gasteiger partial charge in [0.15, 0.2) is 12.2 Å². The summed E-state index contributed by atoms with van der Waals surface area (Å²) >= 11 is 0. The molecule has 4 nitrogen and oxygen atoms in total. The van der Waals surface area contributed by atoms with Crippen molar-refractivity contribution in [2.45, 2.75) is 63.6 Å². The third-order valence-corrected chi connectivity index (χ3v) is 8.38. The minimum atomic E-state index is -0.671. The lowest BCUT2D eigenvalue weighted by Gasteiger charge is -2.49. The van der Waals surface area contributed by atoms with Crippen molar-refractivity contribution in [2.75, 3.05) is 0 Å². The van der Waals surface area contributed by atoms with E-state index >= 15 is 0 Å². The van der Waals surface area contributed by atoms with Gasteiger partial charge in [0.05, 0.1) is 23.0 Å². The van der Waals surface area contributed by atoms with Gasteiger partial charge in [-0.15, -0.1) is 0 Å². The van der Waals surface area contributed by atoms with Gasteiger partial charge < -0.3 is 9.47 Å². The number of carbonyl (C=O) groups is 2. The Morgan fingerprint density at radius 2 is 0.900 bits per heavy atom. The van der Waals surface area contributed by atoms with E-state index in [4.69, 9.17) is 9.47 Å². The average molecular weight is 531 g/mol. The Morgan fingerprint density at radius 1 is 0.525 bits per heavy atom. The lowest BCUT2D eigenvalue weighted by Crippen LogP contribution is -2.51. The average Bonchev–Trinajstić information content (AvgIpc) is 2.98. The predicted octanol–water partition coefficient (Wildman–Crippen LogP) is 7.98. The van der Waals surface area contributed by atoms with Gasteiger partial charge in [-0.1, -0.05) is 100 Å². The van der Waals surface area contributed by atoms with Gasteiger partial charge in [-0.25, -0.2) is 9.59 Å². The summed E-state index contributed by atoms with van der Waals surface area (Å²) in [4.78, 5) is 26.9. The molecule has 4 heteroatoms. The maximum Gasteiger partial charge on any atom is 0.338 e. The Balaban J connectivity index is 1.52. The molecule has 4 aromatic rings. The fourth-order valence-electron chi connectivity index (χ4n) is 6.23. The molecule has 3 aliphatic carbocycles. The number of carbonyl (C=O) groups excluding carboxylic acids is 2. The Bertz CT molecular complexity index is 1500. The van der Waals surface area contributed by atoms with Gasteiger partial charge in [0.25, 0.3) is 0 Å². The van der Waals surface area contributed by atoms with Crippen LogP contribution in [0.4, 0.5) is 0 Å². The zero-order chi connectivity index (χ0) is 28.0. The first-order chi connectivity index (χ1) is 19.3. The lowest BCUT2D eigenvalue weighted by molar-refractivity contribution is -0.0557. The first-order valence-corrected chi connectivity index (χ1v) is 14.1. The van der Waals surface area contributed by atoms with E-state index in [1.54, 1.807) is 24.3 Å². The Kier molecular flexibility index (Phi) is 6.79. The summed E-state index contributed by atoms with van der Waals surface area (Å²) in [5, 5.41) is 0. The molecule has 2 bridgehead atoms. The highest BCUT2D eigenvalue weighted by molar-refractivity contribution is 5.90. The van der Waals surface area contributed by atoms with Crippen LogP contribution in [0.1, 0.15) is 105 Å². The van der Waals surface area contributed by atoms with Crippen LogP contribution in [0.2, 0.25) is 0 Å². The van der Waals surface area contributed by atoms with E-state index in [-0.39, 0.29) is 11.8 Å². The highest BCUT2D eigenvalue weighted by Gasteiger charge is 2.54. The van der Waals surface area contributed by atoms with Crippen LogP contribution in [-0.2, 0) is 9.47 Å². The largest absolute Gasteiger partial charge is 0.454 e. The van der Waals surface area contributed by atoms with Gasteiger partial charge in [-0.05, 0) is 69.5 Å². The number of benzene rings is 4. The van der Waals surface area contributed by atoms with Gasteiger partial charge in [-0.3, -0.25) is 0 Å². The fraction of sp³-hybridized carbons (Fsp3) is 0.278. The predicted molar refractivity (Wildman–Crippen MR) is 156 cm³/mol. The second kappa shape index (κ2) is 10.4. The number of hydrogen-bond donors (Lipinski definition) is 0. The molecule has 202 valence electrons. The molecule has 0 aliphatic heterocycles. The summed E-state index contributed by atoms with van der Waals surface area (Å²) in [6.45, 7) is 8.74. The summed E-state index contributed by atoms with van der Waals surface area (Å²) in [7, 11) is 0. The molecule has 7 rings (SSSR count). The van der Waals surface area contributed by atoms with Gasteiger partial charge >= 0.3 is 11.9 Å². The Morgan fingerprint density at radius 3 is 1.27 bits per heavy atom. The number of esters is 2. The third-order valence-electron chi connectivity index (χ3n) is 8.38. The molecule has 2 atom stereocenters. The van der Waals surface area contributed by atoms with E-state index in [1.807, 2.05) is 36.4 Å². The maximum absolute atomic E-state index is 13.5. The number of fused-ring (bicyclic) bond motifs is 1. The molecule has 0 amide bonds. The lowest BCUT2D eigenvalue weighted by atomic mass is 9.60. The number of ether oxygens (including phenoxy) is 2. The van der Waals surface area contributed by atoms with Crippen molar-refractivity contribution in [3.8, 4) is 0 Å². The van der Waals surface area contributed by atoms with E-state index in [0.29, 0.717) is 23.0 Å². The second-order valence-corrected chi connectivity index (χ2v) is 11.5. The second-order valence-electron chi connectivity index (χ2n) is 11.5. The molecule has 0 heterocycles. The van der Waals surface area contributed by atoms with Crippen LogP contribution in [0.25, 0.3) is 0 Å². The van der Waals surface area contributed by atoms with E-state index in [2.05, 4.69) is 64.1 Å². The molecule has 4 aromatic carbocycles. The monoisotopic (exact) mass is 530 g/mol. The van der Waals surface area contributed by atoms with Gasteiger partial charge in [-0.2, -0.15) is 0 Å². The van der Waals surface area contributed by atoms with Crippen molar-refractivity contribution in [2.24, 2.45) is 0 Å². The Labute approximate surface area is 236 Å². The van der Waals surface area contributed by atoms with E-state index in [0.717, 1.165) is 22.3 Å². The zero-order valence-electron chi connectivity index (χ0n) is 23.3. The smallest absolute Gasteiger partial charge is 0.338 e. The number of rotatable bonds is 6. The van der Waals surface area contributed by atoms with Gasteiger partial charge in [0.2, 0.25) is 0 Å². The topological polar surface area (TPSA) is 52.6 Å². The molecule has 0 spiro atoms. The minimum absolute atomic E-state index is 0.251. The zero-order valence-corrected chi connectivity index (χ0v) is 23.3. The fourth-order valence-corrected chi connectivity index (χ4v) is 6.23. The minimum Gasteiger partial charge on any atom is -0.454 e. The van der Waals surface area contributed by atoms with Crippen molar-refractivity contribution >= 4 is 11.9 Å². The summed E-state index contributed by atoms with van der Waals surface area (Å²) in [6.07, 6.45) is -1.34. The molecule has 0 radical (unpaired) electrons.